The van der Waals surface area contributed by atoms with Crippen molar-refractivity contribution in [3.63, 3.8) is 0 Å². The molecule has 0 saturated heterocycles. The summed E-state index contributed by atoms with van der Waals surface area (Å²) in [6, 6.07) is 0. The Hall–Kier alpha value is 0.390. The molecule has 3 N–H and O–H groups in total. The van der Waals surface area contributed by atoms with Gasteiger partial charge in [-0.1, -0.05) is 23.8 Å². The Labute approximate surface area is 91.8 Å². The largest absolute Gasteiger partial charge is 1.00 e. The van der Waals surface area contributed by atoms with Gasteiger partial charge in [-0.15, -0.1) is 0 Å². The Bertz CT molecular complexity index is 278. The normalized spacial score (nSPS) is 8.50. The van der Waals surface area contributed by atoms with Gasteiger partial charge in [0.05, 0.1) is 0 Å². The zero-order valence-corrected chi connectivity index (χ0v) is 8.96. The predicted octanol–water partition coefficient (Wildman–Crippen LogP) is -1.51. The fraction of sp³-hybridized carbons (Fsp3) is 0. The van der Waals surface area contributed by atoms with Gasteiger partial charge in [0.1, 0.15) is 9.79 Å². The molecule has 0 spiro atoms. The van der Waals surface area contributed by atoms with E-state index in [-0.39, 0.29) is 36.8 Å². The Kier molecular flexibility index (Phi) is 4.47. The van der Waals surface area contributed by atoms with Gasteiger partial charge in [-0.3, -0.25) is 0 Å². The number of anilines is 1. The van der Waals surface area contributed by atoms with Crippen molar-refractivity contribution in [2.24, 2.45) is 0 Å². The van der Waals surface area contributed by atoms with Crippen molar-refractivity contribution in [2.75, 3.05) is 5.73 Å². The minimum Gasteiger partial charge on any atom is -1.00 e. The van der Waals surface area contributed by atoms with Gasteiger partial charge in [0.2, 0.25) is 0 Å². The summed E-state index contributed by atoms with van der Waals surface area (Å²) >= 11 is 10.2. The van der Waals surface area contributed by atoms with Crippen LogP contribution in [0.5, 0.6) is 0 Å². The molecule has 0 unspecified atom stereocenters. The van der Waals surface area contributed by atoms with Crippen LogP contribution in [0.4, 0.5) is 5.82 Å². The van der Waals surface area contributed by atoms with Crippen molar-refractivity contribution in [3.05, 3.63) is 16.0 Å². The molecule has 0 radical (unpaired) electrons. The topological polar surface area (TPSA) is 54.7 Å². The van der Waals surface area contributed by atoms with Crippen molar-refractivity contribution in [3.8, 4) is 0 Å². The molecule has 0 aromatic carbocycles. The zero-order chi connectivity index (χ0) is 6.85. The summed E-state index contributed by atoms with van der Waals surface area (Å²) in [4.78, 5) is 6.34. The summed E-state index contributed by atoms with van der Waals surface area (Å²) in [6.07, 6.45) is 1.49. The number of nitrogens with two attached hydrogens (primary N) is 1. The maximum atomic E-state index is 5.45. The fourth-order valence-corrected chi connectivity index (χ4v) is 0.647. The second-order valence-electron chi connectivity index (χ2n) is 1.44. The molecule has 0 aliphatic heterocycles. The van der Waals surface area contributed by atoms with Crippen molar-refractivity contribution >= 4 is 29.6 Å². The first-order chi connectivity index (χ1) is 4.20. The Morgan fingerprint density at radius 1 is 1.80 bits per heavy atom. The number of H-pyrrole nitrogens is 1. The molecule has 10 heavy (non-hydrogen) atoms. The van der Waals surface area contributed by atoms with E-state index in [1.165, 1.54) is 6.20 Å². The van der Waals surface area contributed by atoms with Crippen molar-refractivity contribution in [2.45, 2.75) is 0 Å². The van der Waals surface area contributed by atoms with E-state index < -0.39 is 0 Å². The van der Waals surface area contributed by atoms with Crippen LogP contribution < -0.4 is 35.3 Å². The average Bonchev–Trinajstić information content (AvgIpc) is 1.80. The molecule has 0 saturated carbocycles. The number of hydrogen-bond donors (Lipinski definition) is 2. The molecule has 0 aliphatic carbocycles. The van der Waals surface area contributed by atoms with Gasteiger partial charge < -0.3 is 12.1 Å². The maximum absolute atomic E-state index is 5.45. The second kappa shape index (κ2) is 4.31. The molecular weight excluding hydrogens is 181 g/mol. The van der Waals surface area contributed by atoms with Crippen LogP contribution in [0.25, 0.3) is 0 Å². The quantitative estimate of drug-likeness (QED) is 0.382. The first-order valence-corrected chi connectivity index (χ1v) is 2.99. The van der Waals surface area contributed by atoms with Gasteiger partial charge in [0.15, 0.2) is 5.82 Å². The minimum atomic E-state index is 0. The molecule has 6 heteroatoms. The number of nitrogens with zero attached hydrogens (tertiary/aromatic N) is 1. The Morgan fingerprint density at radius 2 is 2.40 bits per heavy atom. The van der Waals surface area contributed by atoms with Gasteiger partial charge in [0.25, 0.3) is 0 Å². The average molecular weight is 186 g/mol. The third-order valence-electron chi connectivity index (χ3n) is 0.782. The van der Waals surface area contributed by atoms with Crippen LogP contribution in [0.1, 0.15) is 1.43 Å². The number of halogens is 1. The first kappa shape index (κ1) is 10.4. The fourth-order valence-electron chi connectivity index (χ4n) is 0.397. The van der Waals surface area contributed by atoms with Crippen LogP contribution in [0, 0.1) is 4.64 Å². The number of nitrogen functional groups attached to an aromatic ring is 1. The molecular formula is C4H5ClN3NaS. The second-order valence-corrected chi connectivity index (χ2v) is 2.23. The van der Waals surface area contributed by atoms with Crippen LogP contribution in [-0.4, -0.2) is 9.97 Å². The number of rotatable bonds is 0. The smallest absolute Gasteiger partial charge is 1.00 e. The standard InChI is InChI=1S/C4H4ClN3S.Na.H/c5-2-1-7-4(9)3(6)8-2;;/h1H,(H2,6,8)(H,7,9);;/q;+1;-1. The number of aromatic nitrogens is 2. The van der Waals surface area contributed by atoms with E-state index in [9.17, 15) is 0 Å². The third kappa shape index (κ3) is 2.56. The maximum Gasteiger partial charge on any atom is 1.00 e. The molecule has 0 fully saturated rings. The molecule has 3 nitrogen and oxygen atoms in total. The minimum absolute atomic E-state index is 0. The van der Waals surface area contributed by atoms with E-state index in [4.69, 9.17) is 29.6 Å². The summed E-state index contributed by atoms with van der Waals surface area (Å²) in [5.41, 5.74) is 5.29. The van der Waals surface area contributed by atoms with Gasteiger partial charge in [-0.2, -0.15) is 0 Å². The van der Waals surface area contributed by atoms with Crippen molar-refractivity contribution in [1.82, 2.24) is 9.97 Å². The molecule has 1 rings (SSSR count). The van der Waals surface area contributed by atoms with Crippen LogP contribution in [-0.2, 0) is 0 Å². The molecule has 1 aromatic rings. The van der Waals surface area contributed by atoms with Gasteiger partial charge in [-0.05, 0) is 0 Å². The summed E-state index contributed by atoms with van der Waals surface area (Å²) < 4.78 is 0.416. The summed E-state index contributed by atoms with van der Waals surface area (Å²) in [6.45, 7) is 0. The predicted molar refractivity (Wildman–Crippen MR) is 40.0 cm³/mol. The number of nitrogens with one attached hydrogen (secondary N) is 1. The molecule has 1 heterocycles. The van der Waals surface area contributed by atoms with E-state index in [2.05, 4.69) is 9.97 Å². The Morgan fingerprint density at radius 3 is 2.80 bits per heavy atom. The SMILES string of the molecule is Nc1nc(Cl)c[nH]c1=S.[H-].[Na+]. The third-order valence-corrected chi connectivity index (χ3v) is 1.30. The Balaban J connectivity index is 0. The van der Waals surface area contributed by atoms with Gasteiger partial charge in [-0.25, -0.2) is 4.98 Å². The van der Waals surface area contributed by atoms with E-state index in [0.717, 1.165) is 0 Å². The van der Waals surface area contributed by atoms with Crippen molar-refractivity contribution < 1.29 is 31.0 Å². The molecule has 50 valence electrons. The summed E-state index contributed by atoms with van der Waals surface area (Å²) in [5, 5.41) is 0.320. The van der Waals surface area contributed by atoms with E-state index >= 15 is 0 Å². The molecule has 1 aromatic heterocycles. The van der Waals surface area contributed by atoms with Crippen molar-refractivity contribution in [1.29, 1.82) is 0 Å². The molecule has 0 atom stereocenters. The van der Waals surface area contributed by atoms with Crippen LogP contribution in [0.2, 0.25) is 5.15 Å². The van der Waals surface area contributed by atoms with E-state index in [1.54, 1.807) is 0 Å². The molecule has 0 bridgehead atoms. The summed E-state index contributed by atoms with van der Waals surface area (Å²) in [5.74, 6) is 0.262. The summed E-state index contributed by atoms with van der Waals surface area (Å²) in [7, 11) is 0. The monoisotopic (exact) mass is 185 g/mol. The zero-order valence-electron chi connectivity index (χ0n) is 6.39. The van der Waals surface area contributed by atoms with Gasteiger partial charge in [0, 0.05) is 6.20 Å². The molecule has 0 aliphatic rings. The van der Waals surface area contributed by atoms with Gasteiger partial charge >= 0.3 is 29.6 Å². The number of aromatic amines is 1. The molecule has 0 amide bonds. The van der Waals surface area contributed by atoms with Crippen LogP contribution in [0.15, 0.2) is 6.20 Å². The van der Waals surface area contributed by atoms with Crippen LogP contribution in [0.3, 0.4) is 0 Å². The number of hydrogen-bond acceptors (Lipinski definition) is 3. The van der Waals surface area contributed by atoms with Crippen LogP contribution >= 0.6 is 23.8 Å². The van der Waals surface area contributed by atoms with E-state index in [0.29, 0.717) is 9.79 Å². The first-order valence-electron chi connectivity index (χ1n) is 2.21. The van der Waals surface area contributed by atoms with E-state index in [1.807, 2.05) is 0 Å².